The Hall–Kier alpha value is -2.20. The fourth-order valence-corrected chi connectivity index (χ4v) is 4.61. The number of imidazole rings is 1. The summed E-state index contributed by atoms with van der Waals surface area (Å²) in [5.41, 5.74) is 1.79. The largest absolute Gasteiger partial charge is 0.465 e. The molecule has 4 rings (SSSR count). The molecule has 3 heterocycles. The highest BCUT2D eigenvalue weighted by Gasteiger charge is 2.26. The molecule has 8 nitrogen and oxygen atoms in total. The van der Waals surface area contributed by atoms with E-state index in [4.69, 9.17) is 9.15 Å². The Bertz CT molecular complexity index is 1050. The molecule has 1 N–H and O–H groups in total. The molecule has 1 fully saturated rings. The van der Waals surface area contributed by atoms with Gasteiger partial charge in [-0.25, -0.2) is 18.1 Å². The van der Waals surface area contributed by atoms with Gasteiger partial charge in [-0.15, -0.1) is 0 Å². The average Bonchev–Trinajstić information content (AvgIpc) is 3.34. The lowest BCUT2D eigenvalue weighted by Crippen LogP contribution is -2.44. The van der Waals surface area contributed by atoms with Gasteiger partial charge in [0, 0.05) is 26.2 Å². The second kappa shape index (κ2) is 8.66. The predicted octanol–water partition coefficient (Wildman–Crippen LogP) is 1.93. The lowest BCUT2D eigenvalue weighted by atomic mass is 10.2. The smallest absolute Gasteiger partial charge is 0.213 e. The van der Waals surface area contributed by atoms with Gasteiger partial charge in [-0.3, -0.25) is 4.90 Å². The first-order valence-electron chi connectivity index (χ1n) is 9.77. The van der Waals surface area contributed by atoms with Gasteiger partial charge < -0.3 is 13.7 Å². The molecule has 1 aliphatic heterocycles. The Kier molecular flexibility index (Phi) is 6.00. The van der Waals surface area contributed by atoms with Crippen molar-refractivity contribution in [3.05, 3.63) is 54.2 Å². The first kappa shape index (κ1) is 20.1. The average molecular weight is 419 g/mol. The highest BCUT2D eigenvalue weighted by Crippen LogP contribution is 2.23. The molecule has 0 radical (unpaired) electrons. The zero-order chi connectivity index (χ0) is 20.3. The van der Waals surface area contributed by atoms with Gasteiger partial charge in [0.25, 0.3) is 0 Å². The van der Waals surface area contributed by atoms with Crippen LogP contribution in [0.4, 0.5) is 0 Å². The lowest BCUT2D eigenvalue weighted by Gasteiger charge is -2.33. The van der Waals surface area contributed by atoms with Crippen molar-refractivity contribution >= 4 is 21.1 Å². The summed E-state index contributed by atoms with van der Waals surface area (Å²) in [5.74, 6) is 1.57. The summed E-state index contributed by atoms with van der Waals surface area (Å²) in [4.78, 5) is 6.52. The van der Waals surface area contributed by atoms with E-state index in [2.05, 4.69) is 14.6 Å². The van der Waals surface area contributed by atoms with E-state index in [0.29, 0.717) is 19.8 Å². The molecule has 0 saturated carbocycles. The van der Waals surface area contributed by atoms with E-state index >= 15 is 0 Å². The summed E-state index contributed by atoms with van der Waals surface area (Å²) in [6, 6.07) is 11.4. The molecular formula is C20H26N4O4S. The third-order valence-electron chi connectivity index (χ3n) is 5.20. The van der Waals surface area contributed by atoms with Crippen molar-refractivity contribution in [3.8, 4) is 0 Å². The third-order valence-corrected chi connectivity index (χ3v) is 6.53. The maximum Gasteiger partial charge on any atom is 0.213 e. The quantitative estimate of drug-likeness (QED) is 0.601. The number of benzene rings is 1. The van der Waals surface area contributed by atoms with E-state index in [1.165, 1.54) is 0 Å². The summed E-state index contributed by atoms with van der Waals surface area (Å²) in [6.07, 6.45) is 1.68. The Morgan fingerprint density at radius 2 is 1.97 bits per heavy atom. The molecule has 0 aliphatic carbocycles. The lowest BCUT2D eigenvalue weighted by molar-refractivity contribution is 0.0127. The number of nitrogens with zero attached hydrogens (tertiary/aromatic N) is 3. The maximum atomic E-state index is 12.7. The fraction of sp³-hybridized carbons (Fsp3) is 0.450. The molecule has 0 bridgehead atoms. The van der Waals surface area contributed by atoms with Crippen molar-refractivity contribution in [2.24, 2.45) is 0 Å². The van der Waals surface area contributed by atoms with Gasteiger partial charge in [0.2, 0.25) is 10.0 Å². The number of sulfonamides is 1. The van der Waals surface area contributed by atoms with Crippen LogP contribution in [0.25, 0.3) is 11.0 Å². The van der Waals surface area contributed by atoms with Crippen molar-refractivity contribution in [1.29, 1.82) is 0 Å². The summed E-state index contributed by atoms with van der Waals surface area (Å²) >= 11 is 0. The molecule has 0 spiro atoms. The second-order valence-electron chi connectivity index (χ2n) is 7.21. The number of morpholine rings is 1. The fourth-order valence-electron chi connectivity index (χ4n) is 3.62. The van der Waals surface area contributed by atoms with Crippen LogP contribution in [0.15, 0.2) is 47.1 Å². The minimum atomic E-state index is -3.46. The highest BCUT2D eigenvalue weighted by atomic mass is 32.2. The second-order valence-corrected chi connectivity index (χ2v) is 9.13. The normalized spacial score (nSPS) is 17.0. The zero-order valence-electron chi connectivity index (χ0n) is 16.5. The Morgan fingerprint density at radius 1 is 1.17 bits per heavy atom. The molecule has 29 heavy (non-hydrogen) atoms. The number of nitrogens with one attached hydrogen (secondary N) is 1. The SMILES string of the molecule is Cc1ccc([C@@H](CNS(=O)(=O)CCn2cnc3ccccc32)N2CCOCC2)o1. The number of aromatic nitrogens is 2. The number of hydrogen-bond donors (Lipinski definition) is 1. The molecular weight excluding hydrogens is 392 g/mol. The van der Waals surface area contributed by atoms with Crippen LogP contribution in [0.5, 0.6) is 0 Å². The van der Waals surface area contributed by atoms with Crippen LogP contribution in [0.3, 0.4) is 0 Å². The molecule has 1 atom stereocenters. The molecule has 3 aromatic rings. The first-order chi connectivity index (χ1) is 14.0. The van der Waals surface area contributed by atoms with Gasteiger partial charge in [0.15, 0.2) is 0 Å². The minimum Gasteiger partial charge on any atom is -0.465 e. The molecule has 2 aromatic heterocycles. The van der Waals surface area contributed by atoms with Crippen LogP contribution in [-0.2, 0) is 21.3 Å². The van der Waals surface area contributed by atoms with E-state index < -0.39 is 10.0 Å². The zero-order valence-corrected chi connectivity index (χ0v) is 17.3. The number of fused-ring (bicyclic) bond motifs is 1. The van der Waals surface area contributed by atoms with Crippen LogP contribution in [-0.4, -0.2) is 61.5 Å². The van der Waals surface area contributed by atoms with Crippen molar-refractivity contribution < 1.29 is 17.6 Å². The van der Waals surface area contributed by atoms with Crippen LogP contribution >= 0.6 is 0 Å². The summed E-state index contributed by atoms with van der Waals surface area (Å²) in [6.45, 7) is 5.25. The number of furan rings is 1. The molecule has 0 unspecified atom stereocenters. The third kappa shape index (κ3) is 4.87. The van der Waals surface area contributed by atoms with Gasteiger partial charge >= 0.3 is 0 Å². The number of rotatable bonds is 8. The van der Waals surface area contributed by atoms with E-state index in [1.807, 2.05) is 47.9 Å². The number of hydrogen-bond acceptors (Lipinski definition) is 6. The van der Waals surface area contributed by atoms with Crippen LogP contribution in [0.1, 0.15) is 17.6 Å². The monoisotopic (exact) mass is 418 g/mol. The Balaban J connectivity index is 1.41. The molecule has 9 heteroatoms. The van der Waals surface area contributed by atoms with Crippen molar-refractivity contribution in [2.75, 3.05) is 38.6 Å². The Morgan fingerprint density at radius 3 is 2.72 bits per heavy atom. The van der Waals surface area contributed by atoms with Gasteiger partial charge in [-0.2, -0.15) is 0 Å². The van der Waals surface area contributed by atoms with E-state index in [1.54, 1.807) is 6.33 Å². The van der Waals surface area contributed by atoms with Gasteiger partial charge in [0.1, 0.15) is 11.5 Å². The number of para-hydroxylation sites is 2. The molecule has 1 aromatic carbocycles. The molecule has 1 saturated heterocycles. The van der Waals surface area contributed by atoms with E-state index in [9.17, 15) is 8.42 Å². The van der Waals surface area contributed by atoms with Crippen LogP contribution in [0, 0.1) is 6.92 Å². The molecule has 1 aliphatic rings. The molecule has 156 valence electrons. The Labute approximate surface area is 170 Å². The highest BCUT2D eigenvalue weighted by molar-refractivity contribution is 7.89. The predicted molar refractivity (Wildman–Crippen MR) is 110 cm³/mol. The summed E-state index contributed by atoms with van der Waals surface area (Å²) in [5, 5.41) is 0. The molecule has 0 amide bonds. The standard InChI is InChI=1S/C20H26N4O4S/c1-16-6-7-20(28-16)19(23-8-11-27-12-9-23)14-22-29(25,26)13-10-24-15-21-17-4-2-3-5-18(17)24/h2-7,15,19,22H,8-14H2,1H3/t19-/m1/s1. The van der Waals surface area contributed by atoms with Gasteiger partial charge in [-0.05, 0) is 31.2 Å². The number of ether oxygens (including phenoxy) is 1. The number of aryl methyl sites for hydroxylation is 2. The van der Waals surface area contributed by atoms with Crippen molar-refractivity contribution in [2.45, 2.75) is 19.5 Å². The van der Waals surface area contributed by atoms with E-state index in [-0.39, 0.29) is 18.3 Å². The summed E-state index contributed by atoms with van der Waals surface area (Å²) < 4.78 is 41.2. The topological polar surface area (TPSA) is 89.6 Å². The van der Waals surface area contributed by atoms with Crippen LogP contribution in [0.2, 0.25) is 0 Å². The van der Waals surface area contributed by atoms with Gasteiger partial charge in [0.05, 0.1) is 42.4 Å². The van der Waals surface area contributed by atoms with Crippen molar-refractivity contribution in [3.63, 3.8) is 0 Å². The maximum absolute atomic E-state index is 12.7. The minimum absolute atomic E-state index is 0.0135. The summed E-state index contributed by atoms with van der Waals surface area (Å²) in [7, 11) is -3.46. The van der Waals surface area contributed by atoms with E-state index in [0.717, 1.165) is 35.6 Å². The van der Waals surface area contributed by atoms with Gasteiger partial charge in [-0.1, -0.05) is 12.1 Å². The van der Waals surface area contributed by atoms with Crippen LogP contribution < -0.4 is 4.72 Å². The van der Waals surface area contributed by atoms with Crippen molar-refractivity contribution in [1.82, 2.24) is 19.2 Å². The first-order valence-corrected chi connectivity index (χ1v) is 11.4.